The van der Waals surface area contributed by atoms with Crippen LogP contribution in [0.4, 0.5) is 0 Å². The van der Waals surface area contributed by atoms with E-state index in [0.29, 0.717) is 37.7 Å². The molecule has 1 amide bonds. The zero-order valence-electron chi connectivity index (χ0n) is 20.6. The fourth-order valence-corrected chi connectivity index (χ4v) is 4.07. The minimum Gasteiger partial charge on any atom is -0.493 e. The van der Waals surface area contributed by atoms with Gasteiger partial charge in [0.15, 0.2) is 11.5 Å². The molecular formula is C25H36N2O6S. The van der Waals surface area contributed by atoms with Gasteiger partial charge in [-0.05, 0) is 56.0 Å². The van der Waals surface area contributed by atoms with Crippen molar-refractivity contribution in [3.05, 3.63) is 53.6 Å². The molecule has 2 N–H and O–H groups in total. The van der Waals surface area contributed by atoms with E-state index in [9.17, 15) is 13.2 Å². The number of methoxy groups -OCH3 is 1. The second kappa shape index (κ2) is 13.2. The Balaban J connectivity index is 1.85. The predicted molar refractivity (Wildman–Crippen MR) is 133 cm³/mol. The topological polar surface area (TPSA) is 103 Å². The van der Waals surface area contributed by atoms with Crippen molar-refractivity contribution in [2.75, 3.05) is 32.6 Å². The van der Waals surface area contributed by atoms with Crippen molar-refractivity contribution < 1.29 is 27.4 Å². The summed E-state index contributed by atoms with van der Waals surface area (Å²) in [4.78, 5) is 12.5. The van der Waals surface area contributed by atoms with Gasteiger partial charge in [-0.2, -0.15) is 0 Å². The van der Waals surface area contributed by atoms with Crippen LogP contribution in [0.1, 0.15) is 31.9 Å². The molecule has 0 aliphatic rings. The number of nitrogens with one attached hydrogen (secondary N) is 2. The Morgan fingerprint density at radius 2 is 1.68 bits per heavy atom. The molecule has 1 unspecified atom stereocenters. The Kier molecular flexibility index (Phi) is 10.7. The molecule has 0 aromatic heterocycles. The molecule has 8 nitrogen and oxygen atoms in total. The van der Waals surface area contributed by atoms with E-state index >= 15 is 0 Å². The molecule has 0 bridgehead atoms. The lowest BCUT2D eigenvalue weighted by atomic mass is 10.0. The standard InChI is InChI=1S/C25H36N2O6S/c1-6-34(29,30)27-24(18(2)3)25(28)26-14-13-20-9-12-22(23(17-20)31-5)33-16-15-32-21-10-7-19(4)8-11-21/h7-12,17-18,24,27H,6,13-16H2,1-5H3,(H,26,28). The lowest BCUT2D eigenvalue weighted by Crippen LogP contribution is -2.50. The molecule has 0 spiro atoms. The molecule has 188 valence electrons. The van der Waals surface area contributed by atoms with E-state index in [1.807, 2.05) is 49.4 Å². The number of rotatable bonds is 14. The van der Waals surface area contributed by atoms with Gasteiger partial charge < -0.3 is 19.5 Å². The highest BCUT2D eigenvalue weighted by molar-refractivity contribution is 7.89. The van der Waals surface area contributed by atoms with Gasteiger partial charge in [0.05, 0.1) is 12.9 Å². The first-order valence-electron chi connectivity index (χ1n) is 11.4. The first kappa shape index (κ1) is 27.5. The van der Waals surface area contributed by atoms with Gasteiger partial charge in [-0.1, -0.05) is 37.6 Å². The number of hydrogen-bond acceptors (Lipinski definition) is 6. The molecule has 0 aliphatic heterocycles. The van der Waals surface area contributed by atoms with E-state index in [4.69, 9.17) is 14.2 Å². The summed E-state index contributed by atoms with van der Waals surface area (Å²) >= 11 is 0. The minimum atomic E-state index is -3.48. The quantitative estimate of drug-likeness (QED) is 0.393. The third kappa shape index (κ3) is 8.87. The number of carbonyl (C=O) groups excluding carboxylic acids is 1. The number of hydrogen-bond donors (Lipinski definition) is 2. The lowest BCUT2D eigenvalue weighted by Gasteiger charge is -2.21. The van der Waals surface area contributed by atoms with Crippen LogP contribution in [0.25, 0.3) is 0 Å². The van der Waals surface area contributed by atoms with E-state index in [2.05, 4.69) is 10.0 Å². The van der Waals surface area contributed by atoms with Gasteiger partial charge in [0.1, 0.15) is 25.0 Å². The van der Waals surface area contributed by atoms with Gasteiger partial charge in [0.25, 0.3) is 0 Å². The molecule has 1 atom stereocenters. The highest BCUT2D eigenvalue weighted by Crippen LogP contribution is 2.28. The summed E-state index contributed by atoms with van der Waals surface area (Å²) in [7, 11) is -1.90. The van der Waals surface area contributed by atoms with Gasteiger partial charge in [-0.3, -0.25) is 4.79 Å². The summed E-state index contributed by atoms with van der Waals surface area (Å²) in [6, 6.07) is 12.6. The van der Waals surface area contributed by atoms with Crippen molar-refractivity contribution in [3.63, 3.8) is 0 Å². The summed E-state index contributed by atoms with van der Waals surface area (Å²) < 4.78 is 43.1. The Labute approximate surface area is 203 Å². The first-order valence-corrected chi connectivity index (χ1v) is 13.1. The van der Waals surface area contributed by atoms with Crippen molar-refractivity contribution >= 4 is 15.9 Å². The number of carbonyl (C=O) groups is 1. The highest BCUT2D eigenvalue weighted by Gasteiger charge is 2.26. The van der Waals surface area contributed by atoms with Crippen molar-refractivity contribution in [2.45, 2.75) is 40.2 Å². The van der Waals surface area contributed by atoms with E-state index in [-0.39, 0.29) is 17.6 Å². The Morgan fingerprint density at radius 1 is 1.00 bits per heavy atom. The van der Waals surface area contributed by atoms with Gasteiger partial charge in [-0.25, -0.2) is 13.1 Å². The van der Waals surface area contributed by atoms with Gasteiger partial charge >= 0.3 is 0 Å². The van der Waals surface area contributed by atoms with Gasteiger partial charge in [-0.15, -0.1) is 0 Å². The summed E-state index contributed by atoms with van der Waals surface area (Å²) in [6.07, 6.45) is 0.560. The second-order valence-electron chi connectivity index (χ2n) is 8.28. The van der Waals surface area contributed by atoms with Crippen molar-refractivity contribution in [1.82, 2.24) is 10.0 Å². The Bertz CT molecular complexity index is 1020. The van der Waals surface area contributed by atoms with E-state index in [1.165, 1.54) is 12.5 Å². The number of benzene rings is 2. The molecule has 2 rings (SSSR count). The maximum absolute atomic E-state index is 12.5. The first-order chi connectivity index (χ1) is 16.1. The van der Waals surface area contributed by atoms with Crippen molar-refractivity contribution in [2.24, 2.45) is 5.92 Å². The largest absolute Gasteiger partial charge is 0.493 e. The van der Waals surface area contributed by atoms with Crippen LogP contribution in [0.3, 0.4) is 0 Å². The molecule has 0 aliphatic carbocycles. The molecule has 2 aromatic carbocycles. The minimum absolute atomic E-state index is 0.0736. The van der Waals surface area contributed by atoms with Crippen LogP contribution in [0.15, 0.2) is 42.5 Å². The molecule has 0 saturated carbocycles. The zero-order chi connectivity index (χ0) is 25.1. The molecule has 0 radical (unpaired) electrons. The van der Waals surface area contributed by atoms with Crippen LogP contribution in [-0.4, -0.2) is 53.0 Å². The Hall–Kier alpha value is -2.78. The molecule has 0 heterocycles. The van der Waals surface area contributed by atoms with Crippen molar-refractivity contribution in [1.29, 1.82) is 0 Å². The van der Waals surface area contributed by atoms with Crippen LogP contribution in [0.2, 0.25) is 0 Å². The summed E-state index contributed by atoms with van der Waals surface area (Å²) in [5.41, 5.74) is 2.13. The molecule has 34 heavy (non-hydrogen) atoms. The zero-order valence-corrected chi connectivity index (χ0v) is 21.4. The number of sulfonamides is 1. The monoisotopic (exact) mass is 492 g/mol. The Morgan fingerprint density at radius 3 is 2.29 bits per heavy atom. The normalized spacial score (nSPS) is 12.3. The average Bonchev–Trinajstić information content (AvgIpc) is 2.81. The molecular weight excluding hydrogens is 456 g/mol. The fourth-order valence-electron chi connectivity index (χ4n) is 3.14. The average molecular weight is 493 g/mol. The smallest absolute Gasteiger partial charge is 0.238 e. The van der Waals surface area contributed by atoms with Crippen LogP contribution in [-0.2, 0) is 21.2 Å². The lowest BCUT2D eigenvalue weighted by molar-refractivity contribution is -0.123. The maximum atomic E-state index is 12.5. The van der Waals surface area contributed by atoms with E-state index in [0.717, 1.165) is 11.3 Å². The third-order valence-corrected chi connectivity index (χ3v) is 6.58. The summed E-state index contributed by atoms with van der Waals surface area (Å²) in [5.74, 6) is 1.41. The van der Waals surface area contributed by atoms with Crippen LogP contribution < -0.4 is 24.2 Å². The number of aryl methyl sites for hydroxylation is 1. The molecule has 0 fully saturated rings. The SMILES string of the molecule is CCS(=O)(=O)NC(C(=O)NCCc1ccc(OCCOc2ccc(C)cc2)c(OC)c1)C(C)C. The third-order valence-electron chi connectivity index (χ3n) is 5.21. The molecule has 2 aromatic rings. The maximum Gasteiger partial charge on any atom is 0.238 e. The van der Waals surface area contributed by atoms with E-state index < -0.39 is 16.1 Å². The van der Waals surface area contributed by atoms with Crippen LogP contribution in [0.5, 0.6) is 17.2 Å². The predicted octanol–water partition coefficient (Wildman–Crippen LogP) is 3.08. The van der Waals surface area contributed by atoms with E-state index in [1.54, 1.807) is 21.0 Å². The van der Waals surface area contributed by atoms with Crippen molar-refractivity contribution in [3.8, 4) is 17.2 Å². The summed E-state index contributed by atoms with van der Waals surface area (Å²) in [5, 5.41) is 2.82. The van der Waals surface area contributed by atoms with Gasteiger partial charge in [0, 0.05) is 6.54 Å². The van der Waals surface area contributed by atoms with Crippen LogP contribution >= 0.6 is 0 Å². The fraction of sp³-hybridized carbons (Fsp3) is 0.480. The number of ether oxygens (including phenoxy) is 3. The van der Waals surface area contributed by atoms with Crippen LogP contribution in [0, 0.1) is 12.8 Å². The number of amides is 1. The second-order valence-corrected chi connectivity index (χ2v) is 10.3. The van der Waals surface area contributed by atoms with Gasteiger partial charge in [0.2, 0.25) is 15.9 Å². The summed E-state index contributed by atoms with van der Waals surface area (Å²) in [6.45, 7) is 8.30. The molecule has 9 heteroatoms. The highest BCUT2D eigenvalue weighted by atomic mass is 32.2. The molecule has 0 saturated heterocycles.